The fraction of sp³-hybridized carbons (Fsp3) is 0.0455. The molecule has 5 heteroatoms. The molecule has 3 aromatic rings. The molecule has 0 bridgehead atoms. The Morgan fingerprint density at radius 2 is 1.67 bits per heavy atom. The van der Waals surface area contributed by atoms with Gasteiger partial charge in [-0.25, -0.2) is 4.79 Å². The minimum absolute atomic E-state index is 0.122. The molecule has 1 aromatic heterocycles. The van der Waals surface area contributed by atoms with Crippen molar-refractivity contribution < 1.29 is 9.63 Å². The minimum atomic E-state index is -0.652. The number of aryl methyl sites for hydroxylation is 1. The molecule has 2 aromatic carbocycles. The number of nitrogens with two attached hydrogens (primary N) is 1. The van der Waals surface area contributed by atoms with Crippen LogP contribution in [0.25, 0.3) is 0 Å². The lowest BCUT2D eigenvalue weighted by molar-refractivity contribution is 0.0515. The van der Waals surface area contributed by atoms with Gasteiger partial charge in [0.05, 0.1) is 5.56 Å². The summed E-state index contributed by atoms with van der Waals surface area (Å²) in [5.74, 6) is 5.45. The fourth-order valence-corrected chi connectivity index (χ4v) is 2.21. The molecule has 0 atom stereocenters. The SMILES string of the molecule is Cc1ccc(/C(N)=N/OC(=O)c2cncc(C#Cc3ccccc3)c2)cc1. The van der Waals surface area contributed by atoms with Crippen LogP contribution in [0.5, 0.6) is 0 Å². The van der Waals surface area contributed by atoms with Crippen LogP contribution in [-0.2, 0) is 4.84 Å². The second-order valence-corrected chi connectivity index (χ2v) is 5.80. The summed E-state index contributed by atoms with van der Waals surface area (Å²) in [6.07, 6.45) is 2.98. The van der Waals surface area contributed by atoms with Crippen molar-refractivity contribution in [1.29, 1.82) is 0 Å². The second-order valence-electron chi connectivity index (χ2n) is 5.80. The van der Waals surface area contributed by atoms with Gasteiger partial charge in [0.15, 0.2) is 5.84 Å². The van der Waals surface area contributed by atoms with Crippen LogP contribution in [0.2, 0.25) is 0 Å². The Labute approximate surface area is 157 Å². The predicted molar refractivity (Wildman–Crippen MR) is 104 cm³/mol. The molecule has 1 heterocycles. The van der Waals surface area contributed by atoms with Crippen molar-refractivity contribution in [1.82, 2.24) is 4.98 Å². The molecule has 0 unspecified atom stereocenters. The zero-order valence-corrected chi connectivity index (χ0v) is 14.7. The Balaban J connectivity index is 1.71. The largest absolute Gasteiger partial charge is 0.380 e. The van der Waals surface area contributed by atoms with Crippen LogP contribution in [0.4, 0.5) is 0 Å². The summed E-state index contributed by atoms with van der Waals surface area (Å²) in [6, 6.07) is 18.6. The maximum absolute atomic E-state index is 12.2. The van der Waals surface area contributed by atoms with Gasteiger partial charge in [-0.3, -0.25) is 4.98 Å². The number of carbonyl (C=O) groups excluding carboxylic acids is 1. The fourth-order valence-electron chi connectivity index (χ4n) is 2.21. The first kappa shape index (κ1) is 17.9. The Morgan fingerprint density at radius 1 is 0.963 bits per heavy atom. The van der Waals surface area contributed by atoms with Crippen molar-refractivity contribution in [3.05, 3.63) is 101 Å². The molecule has 0 aliphatic rings. The number of carbonyl (C=O) groups is 1. The first-order chi connectivity index (χ1) is 13.1. The monoisotopic (exact) mass is 355 g/mol. The standard InChI is InChI=1S/C22H17N3O2/c1-16-7-11-19(12-8-16)21(23)25-27-22(26)20-13-18(14-24-15-20)10-9-17-5-3-2-4-6-17/h2-8,11-15H,1H3,(H2,23,25). The highest BCUT2D eigenvalue weighted by Gasteiger charge is 2.09. The van der Waals surface area contributed by atoms with E-state index < -0.39 is 5.97 Å². The first-order valence-corrected chi connectivity index (χ1v) is 8.26. The molecule has 2 N–H and O–H groups in total. The highest BCUT2D eigenvalue weighted by Crippen LogP contribution is 2.07. The molecule has 0 aliphatic carbocycles. The number of pyridine rings is 1. The summed E-state index contributed by atoms with van der Waals surface area (Å²) in [7, 11) is 0. The van der Waals surface area contributed by atoms with Gasteiger partial charge in [0.25, 0.3) is 0 Å². The van der Waals surface area contributed by atoms with E-state index in [4.69, 9.17) is 10.6 Å². The van der Waals surface area contributed by atoms with Gasteiger partial charge in [-0.15, -0.1) is 0 Å². The Bertz CT molecular complexity index is 1030. The molecule has 0 fully saturated rings. The van der Waals surface area contributed by atoms with Gasteiger partial charge < -0.3 is 10.6 Å². The number of aromatic nitrogens is 1. The second kappa shape index (κ2) is 8.45. The minimum Gasteiger partial charge on any atom is -0.380 e. The molecule has 132 valence electrons. The molecular weight excluding hydrogens is 338 g/mol. The number of benzene rings is 2. The molecule has 0 spiro atoms. The molecule has 0 saturated heterocycles. The van der Waals surface area contributed by atoms with Crippen molar-refractivity contribution in [3.63, 3.8) is 0 Å². The van der Waals surface area contributed by atoms with Gasteiger partial charge in [0.1, 0.15) is 0 Å². The lowest BCUT2D eigenvalue weighted by Crippen LogP contribution is -2.15. The summed E-state index contributed by atoms with van der Waals surface area (Å²) < 4.78 is 0. The average molecular weight is 355 g/mol. The lowest BCUT2D eigenvalue weighted by Gasteiger charge is -2.02. The normalized spacial score (nSPS) is 10.6. The van der Waals surface area contributed by atoms with Crippen LogP contribution in [0.3, 0.4) is 0 Å². The molecule has 27 heavy (non-hydrogen) atoms. The van der Waals surface area contributed by atoms with Crippen molar-refractivity contribution in [2.75, 3.05) is 0 Å². The van der Waals surface area contributed by atoms with Gasteiger partial charge in [-0.05, 0) is 25.1 Å². The summed E-state index contributed by atoms with van der Waals surface area (Å²) in [5.41, 5.74) is 9.35. The quantitative estimate of drug-likeness (QED) is 0.257. The van der Waals surface area contributed by atoms with Crippen LogP contribution >= 0.6 is 0 Å². The van der Waals surface area contributed by atoms with E-state index >= 15 is 0 Å². The summed E-state index contributed by atoms with van der Waals surface area (Å²) >= 11 is 0. The zero-order valence-electron chi connectivity index (χ0n) is 14.7. The van der Waals surface area contributed by atoms with E-state index in [9.17, 15) is 4.79 Å². The molecule has 0 aliphatic heterocycles. The van der Waals surface area contributed by atoms with Crippen molar-refractivity contribution in [3.8, 4) is 11.8 Å². The lowest BCUT2D eigenvalue weighted by atomic mass is 10.1. The Kier molecular flexibility index (Phi) is 5.60. The molecule has 0 saturated carbocycles. The molecule has 3 rings (SSSR count). The summed E-state index contributed by atoms with van der Waals surface area (Å²) in [5, 5.41) is 3.70. The van der Waals surface area contributed by atoms with Crippen molar-refractivity contribution in [2.24, 2.45) is 10.9 Å². The molecule has 5 nitrogen and oxygen atoms in total. The van der Waals surface area contributed by atoms with E-state index in [1.54, 1.807) is 12.3 Å². The van der Waals surface area contributed by atoms with Crippen LogP contribution in [0, 0.1) is 18.8 Å². The maximum atomic E-state index is 12.2. The third kappa shape index (κ3) is 5.03. The van der Waals surface area contributed by atoms with E-state index in [0.29, 0.717) is 11.1 Å². The highest BCUT2D eigenvalue weighted by molar-refractivity contribution is 5.98. The zero-order chi connectivity index (χ0) is 19.1. The Hall–Kier alpha value is -3.91. The number of nitrogens with zero attached hydrogens (tertiary/aromatic N) is 2. The van der Waals surface area contributed by atoms with Crippen LogP contribution in [-0.4, -0.2) is 16.8 Å². The van der Waals surface area contributed by atoms with Crippen LogP contribution in [0.15, 0.2) is 78.2 Å². The van der Waals surface area contributed by atoms with Crippen LogP contribution < -0.4 is 5.73 Å². The summed E-state index contributed by atoms with van der Waals surface area (Å²) in [4.78, 5) is 21.1. The average Bonchev–Trinajstić information content (AvgIpc) is 2.72. The van der Waals surface area contributed by atoms with Gasteiger partial charge >= 0.3 is 5.97 Å². The number of hydrogen-bond donors (Lipinski definition) is 1. The maximum Gasteiger partial charge on any atom is 0.367 e. The Morgan fingerprint density at radius 3 is 2.41 bits per heavy atom. The summed E-state index contributed by atoms with van der Waals surface area (Å²) in [6.45, 7) is 1.97. The highest BCUT2D eigenvalue weighted by atomic mass is 16.7. The number of amidine groups is 1. The third-order valence-electron chi connectivity index (χ3n) is 3.67. The van der Waals surface area contributed by atoms with Gasteiger partial charge in [0.2, 0.25) is 0 Å². The van der Waals surface area contributed by atoms with Crippen molar-refractivity contribution in [2.45, 2.75) is 6.92 Å². The third-order valence-corrected chi connectivity index (χ3v) is 3.67. The van der Waals surface area contributed by atoms with Gasteiger partial charge in [-0.2, -0.15) is 0 Å². The molecular formula is C22H17N3O2. The number of hydrogen-bond acceptors (Lipinski definition) is 4. The van der Waals surface area contributed by atoms with E-state index in [-0.39, 0.29) is 11.4 Å². The predicted octanol–water partition coefficient (Wildman–Crippen LogP) is 3.27. The molecule has 0 radical (unpaired) electrons. The van der Waals surface area contributed by atoms with Crippen molar-refractivity contribution >= 4 is 11.8 Å². The number of oxime groups is 1. The number of rotatable bonds is 3. The van der Waals surface area contributed by atoms with E-state index in [2.05, 4.69) is 22.0 Å². The van der Waals surface area contributed by atoms with Crippen LogP contribution in [0.1, 0.15) is 32.6 Å². The molecule has 0 amide bonds. The smallest absolute Gasteiger partial charge is 0.367 e. The van der Waals surface area contributed by atoms with E-state index in [1.807, 2.05) is 61.5 Å². The van der Waals surface area contributed by atoms with Gasteiger partial charge in [-0.1, -0.05) is 65.0 Å². The topological polar surface area (TPSA) is 77.6 Å². The van der Waals surface area contributed by atoms with E-state index in [0.717, 1.165) is 11.1 Å². The van der Waals surface area contributed by atoms with E-state index in [1.165, 1.54) is 6.20 Å². The van der Waals surface area contributed by atoms with Gasteiger partial charge in [0, 0.05) is 29.1 Å². The first-order valence-electron chi connectivity index (χ1n) is 8.26.